The Balaban J connectivity index is 2.61. The number of Topliss-reactive ketones (excluding diaryl/α,β-unsaturated/α-hetero) is 1. The number of benzene rings is 1. The van der Waals surface area contributed by atoms with Crippen LogP contribution in [0.3, 0.4) is 0 Å². The minimum Gasteiger partial charge on any atom is -0.310 e. The Kier molecular flexibility index (Phi) is 3.58. The molecule has 0 saturated carbocycles. The van der Waals surface area contributed by atoms with Crippen LogP contribution < -0.4 is 5.32 Å². The topological polar surface area (TPSA) is 29.1 Å². The number of hydrogen-bond donors (Lipinski definition) is 1. The van der Waals surface area contributed by atoms with Crippen LogP contribution in [-0.4, -0.2) is 18.9 Å². The first-order chi connectivity index (χ1) is 6.24. The van der Waals surface area contributed by atoms with Crippen molar-refractivity contribution in [3.05, 3.63) is 35.6 Å². The highest BCUT2D eigenvalue weighted by molar-refractivity contribution is 5.97. The van der Waals surface area contributed by atoms with E-state index in [2.05, 4.69) is 5.32 Å². The highest BCUT2D eigenvalue weighted by Gasteiger charge is 2.03. The van der Waals surface area contributed by atoms with Gasteiger partial charge in [0.25, 0.3) is 0 Å². The summed E-state index contributed by atoms with van der Waals surface area (Å²) in [7, 11) is 0. The van der Waals surface area contributed by atoms with E-state index in [1.54, 1.807) is 0 Å². The molecule has 0 aliphatic carbocycles. The molecule has 0 heterocycles. The van der Waals surface area contributed by atoms with Gasteiger partial charge in [-0.1, -0.05) is 6.92 Å². The Morgan fingerprint density at radius 3 is 2.54 bits per heavy atom. The number of halogens is 1. The maximum absolute atomic E-state index is 12.5. The highest BCUT2D eigenvalue weighted by Crippen LogP contribution is 2.02. The number of ketones is 1. The van der Waals surface area contributed by atoms with Crippen LogP contribution in [0.4, 0.5) is 4.39 Å². The van der Waals surface area contributed by atoms with Crippen LogP contribution in [0.25, 0.3) is 0 Å². The maximum Gasteiger partial charge on any atom is 0.176 e. The van der Waals surface area contributed by atoms with Crippen LogP contribution in [0.2, 0.25) is 0 Å². The van der Waals surface area contributed by atoms with E-state index in [1.165, 1.54) is 24.3 Å². The van der Waals surface area contributed by atoms with Crippen LogP contribution in [0, 0.1) is 5.82 Å². The molecule has 0 atom stereocenters. The lowest BCUT2D eigenvalue weighted by Crippen LogP contribution is -2.22. The average molecular weight is 181 g/mol. The van der Waals surface area contributed by atoms with Gasteiger partial charge >= 0.3 is 0 Å². The van der Waals surface area contributed by atoms with Crippen molar-refractivity contribution >= 4 is 5.78 Å². The van der Waals surface area contributed by atoms with Gasteiger partial charge < -0.3 is 5.32 Å². The zero-order valence-corrected chi connectivity index (χ0v) is 7.51. The van der Waals surface area contributed by atoms with Gasteiger partial charge in [-0.25, -0.2) is 4.39 Å². The summed E-state index contributed by atoms with van der Waals surface area (Å²) < 4.78 is 12.5. The summed E-state index contributed by atoms with van der Waals surface area (Å²) in [4.78, 5) is 11.3. The Labute approximate surface area is 76.8 Å². The van der Waals surface area contributed by atoms with Crippen LogP contribution in [0.1, 0.15) is 17.3 Å². The Morgan fingerprint density at radius 1 is 1.38 bits per heavy atom. The van der Waals surface area contributed by atoms with E-state index in [1.807, 2.05) is 6.92 Å². The van der Waals surface area contributed by atoms with Crippen molar-refractivity contribution in [2.75, 3.05) is 13.1 Å². The van der Waals surface area contributed by atoms with Gasteiger partial charge in [0.2, 0.25) is 0 Å². The number of carbonyl (C=O) groups is 1. The molecule has 2 nitrogen and oxygen atoms in total. The molecule has 0 aliphatic rings. The van der Waals surface area contributed by atoms with Crippen molar-refractivity contribution in [1.29, 1.82) is 0 Å². The minimum absolute atomic E-state index is 0.0122. The van der Waals surface area contributed by atoms with Crippen LogP contribution >= 0.6 is 0 Å². The third kappa shape index (κ3) is 2.95. The first-order valence-corrected chi connectivity index (χ1v) is 4.23. The fraction of sp³-hybridized carbons (Fsp3) is 0.300. The molecule has 3 heteroatoms. The molecule has 0 fully saturated rings. The van der Waals surface area contributed by atoms with Gasteiger partial charge in [-0.3, -0.25) is 4.79 Å². The monoisotopic (exact) mass is 181 g/mol. The molecule has 1 rings (SSSR count). The van der Waals surface area contributed by atoms with E-state index in [-0.39, 0.29) is 11.6 Å². The standard InChI is InChI=1S/C10H12FNO/c1-2-12-7-10(13)8-3-5-9(11)6-4-8/h3-6,12H,2,7H2,1H3. The molecule has 70 valence electrons. The summed E-state index contributed by atoms with van der Waals surface area (Å²) in [6.07, 6.45) is 0. The molecule has 0 saturated heterocycles. The second-order valence-corrected chi connectivity index (χ2v) is 2.71. The van der Waals surface area contributed by atoms with Gasteiger partial charge in [0.1, 0.15) is 5.82 Å². The fourth-order valence-electron chi connectivity index (χ4n) is 0.976. The minimum atomic E-state index is -0.319. The third-order valence-corrected chi connectivity index (χ3v) is 1.70. The van der Waals surface area contributed by atoms with Crippen molar-refractivity contribution in [2.24, 2.45) is 0 Å². The van der Waals surface area contributed by atoms with Gasteiger partial charge in [0.15, 0.2) is 5.78 Å². The average Bonchev–Trinajstić information content (AvgIpc) is 2.15. The Morgan fingerprint density at radius 2 is 2.00 bits per heavy atom. The third-order valence-electron chi connectivity index (χ3n) is 1.70. The molecule has 13 heavy (non-hydrogen) atoms. The second-order valence-electron chi connectivity index (χ2n) is 2.71. The summed E-state index contributed by atoms with van der Waals surface area (Å²) in [6.45, 7) is 2.99. The number of carbonyl (C=O) groups excluding carboxylic acids is 1. The number of hydrogen-bond acceptors (Lipinski definition) is 2. The number of rotatable bonds is 4. The van der Waals surface area contributed by atoms with Crippen molar-refractivity contribution in [2.45, 2.75) is 6.92 Å². The molecule has 0 amide bonds. The van der Waals surface area contributed by atoms with E-state index in [0.717, 1.165) is 6.54 Å². The van der Waals surface area contributed by atoms with Crippen molar-refractivity contribution < 1.29 is 9.18 Å². The maximum atomic E-state index is 12.5. The van der Waals surface area contributed by atoms with Crippen molar-refractivity contribution in [3.63, 3.8) is 0 Å². The van der Waals surface area contributed by atoms with Crippen LogP contribution in [-0.2, 0) is 0 Å². The molecule has 0 spiro atoms. The van der Waals surface area contributed by atoms with Gasteiger partial charge in [0.05, 0.1) is 6.54 Å². The zero-order chi connectivity index (χ0) is 9.68. The summed E-state index contributed by atoms with van der Waals surface area (Å²) in [6, 6.07) is 5.57. The zero-order valence-electron chi connectivity index (χ0n) is 7.51. The molecule has 0 radical (unpaired) electrons. The Hall–Kier alpha value is -1.22. The molecule has 0 aliphatic heterocycles. The quantitative estimate of drug-likeness (QED) is 0.715. The summed E-state index contributed by atoms with van der Waals surface area (Å²) in [5.41, 5.74) is 0.544. The lowest BCUT2D eigenvalue weighted by molar-refractivity contribution is 0.0991. The molecular formula is C10H12FNO. The molecule has 1 N–H and O–H groups in total. The van der Waals surface area contributed by atoms with E-state index >= 15 is 0 Å². The Bertz CT molecular complexity index is 281. The van der Waals surface area contributed by atoms with Gasteiger partial charge in [-0.2, -0.15) is 0 Å². The number of nitrogens with one attached hydrogen (secondary N) is 1. The number of likely N-dealkylation sites (N-methyl/N-ethyl adjacent to an activating group) is 1. The normalized spacial score (nSPS) is 10.0. The van der Waals surface area contributed by atoms with Gasteiger partial charge in [-0.15, -0.1) is 0 Å². The molecule has 1 aromatic carbocycles. The van der Waals surface area contributed by atoms with Crippen molar-refractivity contribution in [1.82, 2.24) is 5.32 Å². The molecule has 0 bridgehead atoms. The highest BCUT2D eigenvalue weighted by atomic mass is 19.1. The van der Waals surface area contributed by atoms with Gasteiger partial charge in [-0.05, 0) is 30.8 Å². The van der Waals surface area contributed by atoms with Gasteiger partial charge in [0, 0.05) is 5.56 Å². The largest absolute Gasteiger partial charge is 0.310 e. The predicted octanol–water partition coefficient (Wildman–Crippen LogP) is 1.62. The lowest BCUT2D eigenvalue weighted by atomic mass is 10.1. The first kappa shape index (κ1) is 9.86. The predicted molar refractivity (Wildman–Crippen MR) is 49.3 cm³/mol. The van der Waals surface area contributed by atoms with E-state index in [4.69, 9.17) is 0 Å². The lowest BCUT2D eigenvalue weighted by Gasteiger charge is -2.00. The fourth-order valence-corrected chi connectivity index (χ4v) is 0.976. The first-order valence-electron chi connectivity index (χ1n) is 4.23. The molecule has 1 aromatic rings. The second kappa shape index (κ2) is 4.72. The molecular weight excluding hydrogens is 169 g/mol. The van der Waals surface area contributed by atoms with E-state index in [9.17, 15) is 9.18 Å². The van der Waals surface area contributed by atoms with Crippen LogP contribution in [0.15, 0.2) is 24.3 Å². The summed E-state index contributed by atoms with van der Waals surface area (Å²) >= 11 is 0. The molecule has 0 unspecified atom stereocenters. The smallest absolute Gasteiger partial charge is 0.176 e. The van der Waals surface area contributed by atoms with E-state index in [0.29, 0.717) is 12.1 Å². The molecule has 0 aromatic heterocycles. The van der Waals surface area contributed by atoms with Crippen molar-refractivity contribution in [3.8, 4) is 0 Å². The van der Waals surface area contributed by atoms with Crippen LogP contribution in [0.5, 0.6) is 0 Å². The SMILES string of the molecule is CCNCC(=O)c1ccc(F)cc1. The van der Waals surface area contributed by atoms with E-state index < -0.39 is 0 Å². The summed E-state index contributed by atoms with van der Waals surface area (Å²) in [5.74, 6) is -0.332. The summed E-state index contributed by atoms with van der Waals surface area (Å²) in [5, 5.41) is 2.92.